The van der Waals surface area contributed by atoms with Crippen molar-refractivity contribution >= 4 is 5.91 Å². The van der Waals surface area contributed by atoms with E-state index in [9.17, 15) is 4.79 Å². The van der Waals surface area contributed by atoms with Crippen molar-refractivity contribution in [1.29, 1.82) is 0 Å². The van der Waals surface area contributed by atoms with Crippen molar-refractivity contribution in [2.75, 3.05) is 6.54 Å². The van der Waals surface area contributed by atoms with Gasteiger partial charge in [-0.15, -0.1) is 0 Å². The zero-order valence-electron chi connectivity index (χ0n) is 16.9. The SMILES string of the molecule is CCC(C)CNC(CC(C)C)(C(N)=O)C(CC(C)C)CC(C)C. The molecule has 3 N–H and O–H groups in total. The molecule has 0 saturated heterocycles. The molecule has 0 aromatic rings. The van der Waals surface area contributed by atoms with Gasteiger partial charge in [0.05, 0.1) is 0 Å². The first-order valence-electron chi connectivity index (χ1n) is 9.59. The van der Waals surface area contributed by atoms with Crippen LogP contribution in [0.3, 0.4) is 0 Å². The second-order valence-electron chi connectivity index (χ2n) is 8.78. The fourth-order valence-electron chi connectivity index (χ4n) is 3.55. The fourth-order valence-corrected chi connectivity index (χ4v) is 3.55. The quantitative estimate of drug-likeness (QED) is 0.550. The second kappa shape index (κ2) is 10.3. The van der Waals surface area contributed by atoms with Gasteiger partial charge in [0.2, 0.25) is 5.91 Å². The molecule has 0 fully saturated rings. The first-order valence-corrected chi connectivity index (χ1v) is 9.59. The topological polar surface area (TPSA) is 55.1 Å². The minimum Gasteiger partial charge on any atom is -0.368 e. The Hall–Kier alpha value is -0.570. The van der Waals surface area contributed by atoms with E-state index in [-0.39, 0.29) is 5.91 Å². The third-order valence-corrected chi connectivity index (χ3v) is 4.84. The minimum absolute atomic E-state index is 0.166. The van der Waals surface area contributed by atoms with E-state index in [1.165, 1.54) is 0 Å². The van der Waals surface area contributed by atoms with Crippen LogP contribution in [0.2, 0.25) is 0 Å². The van der Waals surface area contributed by atoms with Gasteiger partial charge < -0.3 is 11.1 Å². The van der Waals surface area contributed by atoms with Crippen LogP contribution in [0, 0.1) is 29.6 Å². The molecule has 0 spiro atoms. The molecular formula is C20H42N2O. The van der Waals surface area contributed by atoms with Gasteiger partial charge in [0.25, 0.3) is 0 Å². The molecule has 0 aromatic heterocycles. The van der Waals surface area contributed by atoms with E-state index in [2.05, 4.69) is 60.7 Å². The smallest absolute Gasteiger partial charge is 0.238 e. The van der Waals surface area contributed by atoms with Crippen LogP contribution in [0.25, 0.3) is 0 Å². The molecule has 0 aliphatic rings. The van der Waals surface area contributed by atoms with Gasteiger partial charge in [-0.3, -0.25) is 4.79 Å². The highest BCUT2D eigenvalue weighted by atomic mass is 16.1. The Bertz CT molecular complexity index is 329. The third kappa shape index (κ3) is 7.69. The second-order valence-corrected chi connectivity index (χ2v) is 8.78. The third-order valence-electron chi connectivity index (χ3n) is 4.84. The van der Waals surface area contributed by atoms with Gasteiger partial charge in [-0.1, -0.05) is 61.8 Å². The monoisotopic (exact) mass is 326 g/mol. The average molecular weight is 327 g/mol. The Morgan fingerprint density at radius 2 is 1.43 bits per heavy atom. The lowest BCUT2D eigenvalue weighted by atomic mass is 9.70. The van der Waals surface area contributed by atoms with E-state index >= 15 is 0 Å². The molecule has 0 saturated carbocycles. The largest absolute Gasteiger partial charge is 0.368 e. The summed E-state index contributed by atoms with van der Waals surface area (Å²) in [5.74, 6) is 2.26. The Morgan fingerprint density at radius 1 is 0.957 bits per heavy atom. The van der Waals surface area contributed by atoms with Gasteiger partial charge in [0.1, 0.15) is 5.54 Å². The van der Waals surface area contributed by atoms with Crippen molar-refractivity contribution in [2.45, 2.75) is 86.6 Å². The molecule has 23 heavy (non-hydrogen) atoms. The number of amides is 1. The van der Waals surface area contributed by atoms with Gasteiger partial charge in [-0.05, 0) is 55.4 Å². The number of rotatable bonds is 12. The van der Waals surface area contributed by atoms with Crippen molar-refractivity contribution in [3.05, 3.63) is 0 Å². The number of nitrogens with two attached hydrogens (primary N) is 1. The van der Waals surface area contributed by atoms with Crippen LogP contribution in [0.15, 0.2) is 0 Å². The number of primary amides is 1. The van der Waals surface area contributed by atoms with Gasteiger partial charge in [-0.2, -0.15) is 0 Å². The summed E-state index contributed by atoms with van der Waals surface area (Å²) in [6, 6.07) is 0. The fraction of sp³-hybridized carbons (Fsp3) is 0.950. The molecule has 2 unspecified atom stereocenters. The summed E-state index contributed by atoms with van der Waals surface area (Å²) in [7, 11) is 0. The molecule has 0 rings (SSSR count). The zero-order valence-corrected chi connectivity index (χ0v) is 16.9. The summed E-state index contributed by atoms with van der Waals surface area (Å²) < 4.78 is 0. The molecule has 0 aliphatic carbocycles. The van der Waals surface area contributed by atoms with E-state index in [0.29, 0.717) is 29.6 Å². The van der Waals surface area contributed by atoms with Crippen molar-refractivity contribution in [1.82, 2.24) is 5.32 Å². The summed E-state index contributed by atoms with van der Waals surface area (Å²) in [5.41, 5.74) is 5.42. The van der Waals surface area contributed by atoms with Crippen LogP contribution in [-0.2, 0) is 4.79 Å². The molecule has 138 valence electrons. The van der Waals surface area contributed by atoms with Crippen molar-refractivity contribution < 1.29 is 4.79 Å². The number of carbonyl (C=O) groups excluding carboxylic acids is 1. The minimum atomic E-state index is -0.577. The first-order chi connectivity index (χ1) is 10.5. The van der Waals surface area contributed by atoms with E-state index in [0.717, 1.165) is 32.2 Å². The summed E-state index contributed by atoms with van der Waals surface area (Å²) in [5, 5.41) is 3.65. The Labute approximate surface area is 145 Å². The summed E-state index contributed by atoms with van der Waals surface area (Å²) in [6.07, 6.45) is 4.02. The van der Waals surface area contributed by atoms with Gasteiger partial charge in [-0.25, -0.2) is 0 Å². The van der Waals surface area contributed by atoms with Crippen LogP contribution in [0.5, 0.6) is 0 Å². The van der Waals surface area contributed by atoms with E-state index in [4.69, 9.17) is 5.73 Å². The van der Waals surface area contributed by atoms with Crippen LogP contribution >= 0.6 is 0 Å². The number of nitrogens with one attached hydrogen (secondary N) is 1. The number of carbonyl (C=O) groups is 1. The number of hydrogen-bond donors (Lipinski definition) is 2. The van der Waals surface area contributed by atoms with Crippen LogP contribution in [0.4, 0.5) is 0 Å². The highest BCUT2D eigenvalue weighted by Gasteiger charge is 2.44. The summed E-state index contributed by atoms with van der Waals surface area (Å²) in [4.78, 5) is 12.6. The van der Waals surface area contributed by atoms with Crippen molar-refractivity contribution in [3.63, 3.8) is 0 Å². The Morgan fingerprint density at radius 3 is 1.74 bits per heavy atom. The molecule has 0 radical (unpaired) electrons. The molecular weight excluding hydrogens is 284 g/mol. The summed E-state index contributed by atoms with van der Waals surface area (Å²) in [6.45, 7) is 18.6. The first kappa shape index (κ1) is 22.4. The Balaban J connectivity index is 5.63. The van der Waals surface area contributed by atoms with Gasteiger partial charge in [0.15, 0.2) is 0 Å². The number of hydrogen-bond acceptors (Lipinski definition) is 2. The predicted molar refractivity (Wildman–Crippen MR) is 101 cm³/mol. The maximum atomic E-state index is 12.6. The van der Waals surface area contributed by atoms with Gasteiger partial charge in [0, 0.05) is 0 Å². The molecule has 1 amide bonds. The summed E-state index contributed by atoms with van der Waals surface area (Å²) >= 11 is 0. The standard InChI is InChI=1S/C20H42N2O/c1-9-17(8)13-22-20(19(21)23,12-16(6)7)18(10-14(2)3)11-15(4)5/h14-18,22H,9-13H2,1-8H3,(H2,21,23). The van der Waals surface area contributed by atoms with E-state index < -0.39 is 5.54 Å². The molecule has 3 heteroatoms. The molecule has 0 aliphatic heterocycles. The van der Waals surface area contributed by atoms with Crippen molar-refractivity contribution in [2.24, 2.45) is 35.3 Å². The maximum Gasteiger partial charge on any atom is 0.238 e. The Kier molecular flexibility index (Phi) is 10.1. The predicted octanol–water partition coefficient (Wildman–Crippen LogP) is 4.60. The zero-order chi connectivity index (χ0) is 18.2. The normalized spacial score (nSPS) is 16.3. The molecule has 0 bridgehead atoms. The lowest BCUT2D eigenvalue weighted by molar-refractivity contribution is -0.128. The lowest BCUT2D eigenvalue weighted by Crippen LogP contribution is -2.62. The highest BCUT2D eigenvalue weighted by Crippen LogP contribution is 2.35. The van der Waals surface area contributed by atoms with Gasteiger partial charge >= 0.3 is 0 Å². The van der Waals surface area contributed by atoms with E-state index in [1.807, 2.05) is 0 Å². The molecule has 2 atom stereocenters. The molecule has 0 heterocycles. The van der Waals surface area contributed by atoms with Crippen LogP contribution < -0.4 is 11.1 Å². The average Bonchev–Trinajstić information content (AvgIpc) is 2.40. The maximum absolute atomic E-state index is 12.6. The lowest BCUT2D eigenvalue weighted by Gasteiger charge is -2.42. The van der Waals surface area contributed by atoms with Crippen LogP contribution in [0.1, 0.15) is 81.1 Å². The van der Waals surface area contributed by atoms with Crippen molar-refractivity contribution in [3.8, 4) is 0 Å². The van der Waals surface area contributed by atoms with Crippen LogP contribution in [-0.4, -0.2) is 18.0 Å². The van der Waals surface area contributed by atoms with E-state index in [1.54, 1.807) is 0 Å². The molecule has 0 aromatic carbocycles. The molecule has 3 nitrogen and oxygen atoms in total. The highest BCUT2D eigenvalue weighted by molar-refractivity contribution is 5.85.